The predicted octanol–water partition coefficient (Wildman–Crippen LogP) is 2.65. The van der Waals surface area contributed by atoms with Gasteiger partial charge in [-0.05, 0) is 18.1 Å². The molecule has 1 rings (SSSR count). The summed E-state index contributed by atoms with van der Waals surface area (Å²) >= 11 is 5.98. The van der Waals surface area contributed by atoms with E-state index in [9.17, 15) is 4.79 Å². The molecule has 1 aromatic rings. The Bertz CT molecular complexity index is 370. The van der Waals surface area contributed by atoms with Crippen LogP contribution in [0.3, 0.4) is 0 Å². The summed E-state index contributed by atoms with van der Waals surface area (Å²) < 4.78 is 0. The van der Waals surface area contributed by atoms with Crippen molar-refractivity contribution in [2.75, 3.05) is 19.3 Å². The number of hydrogen-bond donors (Lipinski definition) is 1. The molecule has 0 saturated carbocycles. The Hall–Kier alpha value is -1.22. The maximum atomic E-state index is 12.1. The summed E-state index contributed by atoms with van der Waals surface area (Å²) in [7, 11) is 1.76. The maximum Gasteiger partial charge on any atom is 0.257 e. The van der Waals surface area contributed by atoms with E-state index < -0.39 is 0 Å². The third kappa shape index (κ3) is 2.89. The Kier molecular flexibility index (Phi) is 4.19. The summed E-state index contributed by atoms with van der Waals surface area (Å²) in [5, 5.41) is 0.403. The summed E-state index contributed by atoms with van der Waals surface area (Å²) in [5.74, 6) is 0.287. The van der Waals surface area contributed by atoms with Gasteiger partial charge in [0.2, 0.25) is 0 Å². The van der Waals surface area contributed by atoms with Crippen LogP contribution in [0.2, 0.25) is 5.02 Å². The van der Waals surface area contributed by atoms with E-state index in [-0.39, 0.29) is 5.91 Å². The molecule has 4 heteroatoms. The summed E-state index contributed by atoms with van der Waals surface area (Å²) in [5.41, 5.74) is 6.58. The van der Waals surface area contributed by atoms with Gasteiger partial charge in [-0.2, -0.15) is 0 Å². The topological polar surface area (TPSA) is 46.3 Å². The maximum absolute atomic E-state index is 12.1. The van der Waals surface area contributed by atoms with Gasteiger partial charge in [0.1, 0.15) is 0 Å². The monoisotopic (exact) mass is 240 g/mol. The van der Waals surface area contributed by atoms with E-state index in [4.69, 9.17) is 17.3 Å². The molecule has 0 atom stereocenters. The van der Waals surface area contributed by atoms with Gasteiger partial charge in [-0.25, -0.2) is 0 Å². The zero-order valence-electron chi connectivity index (χ0n) is 9.83. The van der Waals surface area contributed by atoms with Gasteiger partial charge in [-0.15, -0.1) is 0 Å². The van der Waals surface area contributed by atoms with Crippen LogP contribution in [0.15, 0.2) is 18.2 Å². The standard InChI is InChI=1S/C12H17ClN2O/c1-8(2)7-15(3)12(16)11-9(13)5-4-6-10(11)14/h4-6,8H,7,14H2,1-3H3. The third-order valence-corrected chi connectivity index (χ3v) is 2.56. The van der Waals surface area contributed by atoms with Crippen molar-refractivity contribution >= 4 is 23.2 Å². The van der Waals surface area contributed by atoms with Crippen LogP contribution in [0, 0.1) is 5.92 Å². The fraction of sp³-hybridized carbons (Fsp3) is 0.417. The molecule has 0 bridgehead atoms. The summed E-state index contributed by atoms with van der Waals surface area (Å²) in [6, 6.07) is 5.09. The Labute approximate surface area is 101 Å². The minimum Gasteiger partial charge on any atom is -0.398 e. The Morgan fingerprint density at radius 2 is 2.12 bits per heavy atom. The van der Waals surface area contributed by atoms with Crippen molar-refractivity contribution in [2.45, 2.75) is 13.8 Å². The van der Waals surface area contributed by atoms with E-state index in [0.717, 1.165) is 0 Å². The van der Waals surface area contributed by atoms with Crippen LogP contribution in [-0.2, 0) is 0 Å². The average Bonchev–Trinajstić information content (AvgIpc) is 2.16. The van der Waals surface area contributed by atoms with E-state index in [0.29, 0.717) is 28.7 Å². The number of nitrogen functional groups attached to an aromatic ring is 1. The zero-order valence-corrected chi connectivity index (χ0v) is 10.6. The number of benzene rings is 1. The molecule has 0 spiro atoms. The molecular formula is C12H17ClN2O. The molecule has 0 radical (unpaired) electrons. The molecule has 0 aliphatic carbocycles. The number of hydrogen-bond acceptors (Lipinski definition) is 2. The minimum atomic E-state index is -0.128. The Morgan fingerprint density at radius 1 is 1.50 bits per heavy atom. The molecule has 0 aromatic heterocycles. The van der Waals surface area contributed by atoms with E-state index in [1.165, 1.54) is 0 Å². The van der Waals surface area contributed by atoms with Gasteiger partial charge < -0.3 is 10.6 Å². The molecule has 0 aliphatic rings. The molecule has 0 aliphatic heterocycles. The number of anilines is 1. The molecule has 0 fully saturated rings. The van der Waals surface area contributed by atoms with Gasteiger partial charge in [0.25, 0.3) is 5.91 Å². The smallest absolute Gasteiger partial charge is 0.257 e. The van der Waals surface area contributed by atoms with E-state index in [1.807, 2.05) is 0 Å². The average molecular weight is 241 g/mol. The van der Waals surface area contributed by atoms with E-state index >= 15 is 0 Å². The highest BCUT2D eigenvalue weighted by Crippen LogP contribution is 2.23. The van der Waals surface area contributed by atoms with Crippen LogP contribution in [0.5, 0.6) is 0 Å². The highest BCUT2D eigenvalue weighted by Gasteiger charge is 2.18. The van der Waals surface area contributed by atoms with E-state index in [1.54, 1.807) is 30.1 Å². The fourth-order valence-electron chi connectivity index (χ4n) is 1.59. The van der Waals surface area contributed by atoms with Crippen LogP contribution in [0.25, 0.3) is 0 Å². The molecule has 0 unspecified atom stereocenters. The fourth-order valence-corrected chi connectivity index (χ4v) is 1.85. The summed E-state index contributed by atoms with van der Waals surface area (Å²) in [6.45, 7) is 4.79. The van der Waals surface area contributed by atoms with Gasteiger partial charge in [0.05, 0.1) is 10.6 Å². The lowest BCUT2D eigenvalue weighted by molar-refractivity contribution is 0.0780. The van der Waals surface area contributed by atoms with Gasteiger partial charge in [0, 0.05) is 19.3 Å². The molecule has 1 aromatic carbocycles. The van der Waals surface area contributed by atoms with Crippen molar-refractivity contribution in [3.05, 3.63) is 28.8 Å². The number of nitrogens with zero attached hydrogens (tertiary/aromatic N) is 1. The molecule has 0 saturated heterocycles. The highest BCUT2D eigenvalue weighted by molar-refractivity contribution is 6.34. The van der Waals surface area contributed by atoms with E-state index in [2.05, 4.69) is 13.8 Å². The molecule has 88 valence electrons. The first kappa shape index (κ1) is 12.8. The van der Waals surface area contributed by atoms with Gasteiger partial charge >= 0.3 is 0 Å². The normalized spacial score (nSPS) is 10.6. The minimum absolute atomic E-state index is 0.128. The van der Waals surface area contributed by atoms with Crippen LogP contribution in [0.1, 0.15) is 24.2 Å². The highest BCUT2D eigenvalue weighted by atomic mass is 35.5. The van der Waals surface area contributed by atoms with Crippen molar-refractivity contribution in [2.24, 2.45) is 5.92 Å². The SMILES string of the molecule is CC(C)CN(C)C(=O)c1c(N)cccc1Cl. The number of nitrogens with two attached hydrogens (primary N) is 1. The quantitative estimate of drug-likeness (QED) is 0.826. The summed E-state index contributed by atoms with van der Waals surface area (Å²) in [4.78, 5) is 13.7. The number of halogens is 1. The molecular weight excluding hydrogens is 224 g/mol. The predicted molar refractivity (Wildman–Crippen MR) is 67.7 cm³/mol. The molecule has 0 heterocycles. The second kappa shape index (κ2) is 5.21. The second-order valence-electron chi connectivity index (χ2n) is 4.28. The van der Waals surface area contributed by atoms with Crippen LogP contribution in [0.4, 0.5) is 5.69 Å². The van der Waals surface area contributed by atoms with Gasteiger partial charge in [0.15, 0.2) is 0 Å². The lowest BCUT2D eigenvalue weighted by Gasteiger charge is -2.20. The lowest BCUT2D eigenvalue weighted by atomic mass is 10.1. The van der Waals surface area contributed by atoms with Gasteiger partial charge in [-0.3, -0.25) is 4.79 Å². The molecule has 3 nitrogen and oxygen atoms in total. The second-order valence-corrected chi connectivity index (χ2v) is 4.69. The third-order valence-electron chi connectivity index (χ3n) is 2.25. The van der Waals surface area contributed by atoms with Crippen LogP contribution in [-0.4, -0.2) is 24.4 Å². The van der Waals surface area contributed by atoms with Crippen LogP contribution >= 0.6 is 11.6 Å². The first-order valence-corrected chi connectivity index (χ1v) is 5.60. The van der Waals surface area contributed by atoms with Crippen molar-refractivity contribution in [3.63, 3.8) is 0 Å². The Balaban J connectivity index is 2.96. The molecule has 2 N–H and O–H groups in total. The first-order valence-electron chi connectivity index (χ1n) is 5.23. The first-order chi connectivity index (χ1) is 7.43. The molecule has 1 amide bonds. The Morgan fingerprint density at radius 3 is 2.62 bits per heavy atom. The molecule has 16 heavy (non-hydrogen) atoms. The van der Waals surface area contributed by atoms with Gasteiger partial charge in [-0.1, -0.05) is 31.5 Å². The zero-order chi connectivity index (χ0) is 12.3. The number of amides is 1. The number of carbonyl (C=O) groups is 1. The van der Waals surface area contributed by atoms with Crippen LogP contribution < -0.4 is 5.73 Å². The van der Waals surface area contributed by atoms with Crippen molar-refractivity contribution in [3.8, 4) is 0 Å². The summed E-state index contributed by atoms with van der Waals surface area (Å²) in [6.07, 6.45) is 0. The lowest BCUT2D eigenvalue weighted by Crippen LogP contribution is -2.31. The largest absolute Gasteiger partial charge is 0.398 e. The van der Waals surface area contributed by atoms with Crippen molar-refractivity contribution in [1.82, 2.24) is 4.90 Å². The number of carbonyl (C=O) groups excluding carboxylic acids is 1. The number of rotatable bonds is 3. The van der Waals surface area contributed by atoms with Crippen molar-refractivity contribution < 1.29 is 4.79 Å². The van der Waals surface area contributed by atoms with Crippen molar-refractivity contribution in [1.29, 1.82) is 0 Å².